The summed E-state index contributed by atoms with van der Waals surface area (Å²) in [4.78, 5) is 37.3. The predicted molar refractivity (Wildman–Crippen MR) is 122 cm³/mol. The highest BCUT2D eigenvalue weighted by Crippen LogP contribution is 2.39. The molecular formula is C22H24N4O4S2. The molecule has 4 heterocycles. The van der Waals surface area contributed by atoms with Gasteiger partial charge in [0.25, 0.3) is 5.91 Å². The zero-order chi connectivity index (χ0) is 22.3. The Labute approximate surface area is 191 Å². The molecule has 1 aromatic heterocycles. The summed E-state index contributed by atoms with van der Waals surface area (Å²) < 4.78 is 23.6. The van der Waals surface area contributed by atoms with Crippen LogP contribution in [0.15, 0.2) is 52.5 Å². The maximum absolute atomic E-state index is 13.4. The number of carbonyl (C=O) groups is 2. The maximum Gasteiger partial charge on any atom is 0.259 e. The van der Waals surface area contributed by atoms with Crippen molar-refractivity contribution in [1.29, 1.82) is 0 Å². The molecule has 8 nitrogen and oxygen atoms in total. The second-order valence-corrected chi connectivity index (χ2v) is 11.6. The number of hydrogen-bond acceptors (Lipinski definition) is 7. The molecule has 0 N–H and O–H groups in total. The number of hydrogen-bond donors (Lipinski definition) is 0. The summed E-state index contributed by atoms with van der Waals surface area (Å²) in [7, 11) is -2.93. The van der Waals surface area contributed by atoms with Crippen LogP contribution in [0.2, 0.25) is 0 Å². The Morgan fingerprint density at radius 2 is 1.88 bits per heavy atom. The van der Waals surface area contributed by atoms with Crippen molar-refractivity contribution >= 4 is 39.1 Å². The fourth-order valence-corrected chi connectivity index (χ4v) is 7.33. The van der Waals surface area contributed by atoms with Crippen LogP contribution in [-0.4, -0.2) is 85.3 Å². The van der Waals surface area contributed by atoms with Gasteiger partial charge in [0.15, 0.2) is 9.84 Å². The molecule has 0 saturated carbocycles. The van der Waals surface area contributed by atoms with Gasteiger partial charge in [-0.2, -0.15) is 0 Å². The molecule has 32 heavy (non-hydrogen) atoms. The molecule has 1 atom stereocenters. The monoisotopic (exact) mass is 472 g/mol. The summed E-state index contributed by atoms with van der Waals surface area (Å²) in [6.45, 7) is 2.31. The standard InChI is InChI=1S/C22H24N4O4S2/c27-20(25-11-9-24(10-12-25)16-7-13-32(29,30)15-16)14-26-18-5-3-8-23-21(18)31-19-6-2-1-4-17(19)22(26)28/h1-6,8,16H,7,9-15H2/t16-/m1/s1. The lowest BCUT2D eigenvalue weighted by atomic mass is 10.1. The number of benzene rings is 1. The van der Waals surface area contributed by atoms with Gasteiger partial charge in [0.2, 0.25) is 5.91 Å². The van der Waals surface area contributed by atoms with Crippen molar-refractivity contribution in [2.75, 3.05) is 49.1 Å². The molecule has 0 aliphatic carbocycles. The van der Waals surface area contributed by atoms with E-state index in [1.165, 1.54) is 16.7 Å². The highest BCUT2D eigenvalue weighted by molar-refractivity contribution is 7.99. The number of anilines is 1. The van der Waals surface area contributed by atoms with E-state index in [2.05, 4.69) is 9.88 Å². The minimum absolute atomic E-state index is 0.0514. The van der Waals surface area contributed by atoms with Crippen molar-refractivity contribution < 1.29 is 18.0 Å². The highest BCUT2D eigenvalue weighted by Gasteiger charge is 2.35. The smallest absolute Gasteiger partial charge is 0.259 e. The Kier molecular flexibility index (Phi) is 5.68. The molecule has 5 rings (SSSR count). The van der Waals surface area contributed by atoms with Crippen LogP contribution in [0.25, 0.3) is 0 Å². The quantitative estimate of drug-likeness (QED) is 0.669. The average Bonchev–Trinajstić information content (AvgIpc) is 3.12. The first kappa shape index (κ1) is 21.4. The van der Waals surface area contributed by atoms with Gasteiger partial charge in [0, 0.05) is 43.3 Å². The Bertz CT molecular complexity index is 1160. The highest BCUT2D eigenvalue weighted by atomic mass is 32.2. The number of pyridine rings is 1. The van der Waals surface area contributed by atoms with Crippen LogP contribution < -0.4 is 4.90 Å². The molecule has 1 aromatic carbocycles. The number of fused-ring (bicyclic) bond motifs is 2. The van der Waals surface area contributed by atoms with Gasteiger partial charge in [0.1, 0.15) is 11.6 Å². The molecule has 2 aromatic rings. The average molecular weight is 473 g/mol. The van der Waals surface area contributed by atoms with Crippen LogP contribution in [0, 0.1) is 0 Å². The minimum atomic E-state index is -2.93. The topological polar surface area (TPSA) is 90.9 Å². The van der Waals surface area contributed by atoms with Crippen molar-refractivity contribution in [3.63, 3.8) is 0 Å². The molecule has 3 aliphatic rings. The van der Waals surface area contributed by atoms with Gasteiger partial charge < -0.3 is 4.90 Å². The molecule has 3 aliphatic heterocycles. The second-order valence-electron chi connectivity index (χ2n) is 8.29. The summed E-state index contributed by atoms with van der Waals surface area (Å²) in [6, 6.07) is 11.0. The molecule has 0 bridgehead atoms. The van der Waals surface area contributed by atoms with Crippen LogP contribution in [0.5, 0.6) is 0 Å². The van der Waals surface area contributed by atoms with Gasteiger partial charge in [-0.3, -0.25) is 19.4 Å². The Hall–Kier alpha value is -2.43. The summed E-state index contributed by atoms with van der Waals surface area (Å²) >= 11 is 1.43. The Balaban J connectivity index is 1.30. The maximum atomic E-state index is 13.4. The van der Waals surface area contributed by atoms with E-state index < -0.39 is 9.84 Å². The number of amides is 2. The lowest BCUT2D eigenvalue weighted by Crippen LogP contribution is -2.54. The van der Waals surface area contributed by atoms with Crippen molar-refractivity contribution in [3.8, 4) is 0 Å². The van der Waals surface area contributed by atoms with Crippen molar-refractivity contribution in [1.82, 2.24) is 14.8 Å². The first-order valence-electron chi connectivity index (χ1n) is 10.7. The SMILES string of the molecule is O=C(CN1C(=O)c2ccccc2Sc2ncccc21)N1CCN([C@@H]2CCS(=O)(=O)C2)CC1. The zero-order valence-electron chi connectivity index (χ0n) is 17.5. The molecule has 0 radical (unpaired) electrons. The van der Waals surface area contributed by atoms with E-state index >= 15 is 0 Å². The van der Waals surface area contributed by atoms with Crippen molar-refractivity contribution in [2.45, 2.75) is 22.4 Å². The van der Waals surface area contributed by atoms with Gasteiger partial charge in [0.05, 0.1) is 22.8 Å². The van der Waals surface area contributed by atoms with E-state index in [0.717, 1.165) is 4.90 Å². The number of rotatable bonds is 3. The molecular weight excluding hydrogens is 448 g/mol. The van der Waals surface area contributed by atoms with E-state index in [1.54, 1.807) is 23.2 Å². The third kappa shape index (κ3) is 4.14. The summed E-state index contributed by atoms with van der Waals surface area (Å²) in [6.07, 6.45) is 2.35. The number of aromatic nitrogens is 1. The number of sulfone groups is 1. The molecule has 2 saturated heterocycles. The van der Waals surface area contributed by atoms with Crippen molar-refractivity contribution in [2.24, 2.45) is 0 Å². The van der Waals surface area contributed by atoms with E-state index in [4.69, 9.17) is 0 Å². The molecule has 0 unspecified atom stereocenters. The van der Waals surface area contributed by atoms with Gasteiger partial charge in [-0.1, -0.05) is 23.9 Å². The van der Waals surface area contributed by atoms with Crippen LogP contribution in [0.1, 0.15) is 16.8 Å². The molecule has 2 amide bonds. The minimum Gasteiger partial charge on any atom is -0.339 e. The molecule has 10 heteroatoms. The summed E-state index contributed by atoms with van der Waals surface area (Å²) in [5.41, 5.74) is 1.21. The second kappa shape index (κ2) is 8.49. The number of piperazine rings is 1. The third-order valence-electron chi connectivity index (χ3n) is 6.30. The van der Waals surface area contributed by atoms with Gasteiger partial charge in [-0.25, -0.2) is 13.4 Å². The predicted octanol–water partition coefficient (Wildman–Crippen LogP) is 1.52. The fraction of sp³-hybridized carbons (Fsp3) is 0.409. The summed E-state index contributed by atoms with van der Waals surface area (Å²) in [5.74, 6) is 0.143. The lowest BCUT2D eigenvalue weighted by molar-refractivity contribution is -0.131. The molecule has 2 fully saturated rings. The third-order valence-corrected chi connectivity index (χ3v) is 9.13. The van der Waals surface area contributed by atoms with E-state index in [9.17, 15) is 18.0 Å². The van der Waals surface area contributed by atoms with Gasteiger partial charge >= 0.3 is 0 Å². The van der Waals surface area contributed by atoms with Crippen molar-refractivity contribution in [3.05, 3.63) is 48.2 Å². The Morgan fingerprint density at radius 1 is 1.09 bits per heavy atom. The Morgan fingerprint density at radius 3 is 2.62 bits per heavy atom. The van der Waals surface area contributed by atoms with Crippen LogP contribution >= 0.6 is 11.8 Å². The van der Waals surface area contributed by atoms with E-state index in [-0.39, 0.29) is 35.9 Å². The first-order valence-corrected chi connectivity index (χ1v) is 13.3. The van der Waals surface area contributed by atoms with Gasteiger partial charge in [-0.05, 0) is 30.7 Å². The molecule has 168 valence electrons. The number of carbonyl (C=O) groups excluding carboxylic acids is 2. The van der Waals surface area contributed by atoms with Crippen LogP contribution in [0.3, 0.4) is 0 Å². The number of nitrogens with zero attached hydrogens (tertiary/aromatic N) is 4. The van der Waals surface area contributed by atoms with Crippen LogP contribution in [-0.2, 0) is 14.6 Å². The largest absolute Gasteiger partial charge is 0.339 e. The zero-order valence-corrected chi connectivity index (χ0v) is 19.1. The van der Waals surface area contributed by atoms with Crippen LogP contribution in [0.4, 0.5) is 5.69 Å². The summed E-state index contributed by atoms with van der Waals surface area (Å²) in [5, 5.41) is 0.700. The first-order chi connectivity index (χ1) is 15.4. The lowest BCUT2D eigenvalue weighted by Gasteiger charge is -2.38. The normalized spacial score (nSPS) is 22.9. The van der Waals surface area contributed by atoms with Gasteiger partial charge in [-0.15, -0.1) is 0 Å². The van der Waals surface area contributed by atoms with E-state index in [1.807, 2.05) is 24.3 Å². The fourth-order valence-electron chi connectivity index (χ4n) is 4.55. The van der Waals surface area contributed by atoms with E-state index in [0.29, 0.717) is 48.9 Å². The molecule has 0 spiro atoms.